The zero-order valence-corrected chi connectivity index (χ0v) is 12.3. The molecule has 0 aliphatic rings. The molecule has 0 amide bonds. The molecule has 5 heteroatoms. The van der Waals surface area contributed by atoms with Gasteiger partial charge >= 0.3 is 5.97 Å². The third-order valence-corrected chi connectivity index (χ3v) is 3.04. The molecule has 2 aromatic rings. The molecule has 0 aliphatic carbocycles. The van der Waals surface area contributed by atoms with Crippen molar-refractivity contribution in [2.75, 3.05) is 6.61 Å². The molecule has 1 atom stereocenters. The monoisotopic (exact) mass is 303 g/mol. The van der Waals surface area contributed by atoms with Crippen LogP contribution in [0.15, 0.2) is 48.5 Å². The highest BCUT2D eigenvalue weighted by atomic mass is 19.1. The lowest BCUT2D eigenvalue weighted by atomic mass is 10.1. The zero-order chi connectivity index (χ0) is 15.9. The van der Waals surface area contributed by atoms with Gasteiger partial charge in [0.1, 0.15) is 23.4 Å². The lowest BCUT2D eigenvalue weighted by Gasteiger charge is -2.14. The van der Waals surface area contributed by atoms with E-state index in [2.05, 4.69) is 0 Å². The fourth-order valence-corrected chi connectivity index (χ4v) is 1.97. The molecular weight excluding hydrogens is 285 g/mol. The van der Waals surface area contributed by atoms with Gasteiger partial charge in [0.15, 0.2) is 0 Å². The van der Waals surface area contributed by atoms with E-state index >= 15 is 0 Å². The lowest BCUT2D eigenvalue weighted by Crippen LogP contribution is -2.34. The second kappa shape index (κ2) is 7.56. The molecule has 1 unspecified atom stereocenters. The van der Waals surface area contributed by atoms with Crippen molar-refractivity contribution in [2.24, 2.45) is 5.73 Å². The van der Waals surface area contributed by atoms with E-state index in [0.717, 1.165) is 5.56 Å². The van der Waals surface area contributed by atoms with Gasteiger partial charge in [-0.05, 0) is 42.8 Å². The van der Waals surface area contributed by atoms with Crippen LogP contribution in [0.1, 0.15) is 12.5 Å². The first-order chi connectivity index (χ1) is 10.6. The average molecular weight is 303 g/mol. The number of rotatable bonds is 6. The van der Waals surface area contributed by atoms with Crippen LogP contribution in [0.2, 0.25) is 0 Å². The van der Waals surface area contributed by atoms with Crippen LogP contribution >= 0.6 is 0 Å². The standard InChI is InChI=1S/C17H18FNO3/c1-2-21-17(20)15(19)11-12-5-3-4-6-16(12)22-14-9-7-13(18)8-10-14/h3-10,15H,2,11,19H2,1H3. The van der Waals surface area contributed by atoms with Crippen molar-refractivity contribution in [3.63, 3.8) is 0 Å². The molecule has 0 saturated carbocycles. The second-order valence-electron chi connectivity index (χ2n) is 4.73. The van der Waals surface area contributed by atoms with E-state index in [1.165, 1.54) is 24.3 Å². The molecule has 0 bridgehead atoms. The molecule has 0 aromatic heterocycles. The highest BCUT2D eigenvalue weighted by Gasteiger charge is 2.17. The number of para-hydroxylation sites is 1. The summed E-state index contributed by atoms with van der Waals surface area (Å²) in [6, 6.07) is 12.2. The van der Waals surface area contributed by atoms with Crippen molar-refractivity contribution in [3.8, 4) is 11.5 Å². The van der Waals surface area contributed by atoms with Crippen molar-refractivity contribution in [2.45, 2.75) is 19.4 Å². The fraction of sp³-hybridized carbons (Fsp3) is 0.235. The van der Waals surface area contributed by atoms with Gasteiger partial charge in [0.05, 0.1) is 6.61 Å². The van der Waals surface area contributed by atoms with Crippen LogP contribution < -0.4 is 10.5 Å². The van der Waals surface area contributed by atoms with Gasteiger partial charge in [-0.15, -0.1) is 0 Å². The summed E-state index contributed by atoms with van der Waals surface area (Å²) >= 11 is 0. The van der Waals surface area contributed by atoms with E-state index in [-0.39, 0.29) is 5.82 Å². The highest BCUT2D eigenvalue weighted by Crippen LogP contribution is 2.26. The molecule has 0 fully saturated rings. The molecule has 0 radical (unpaired) electrons. The summed E-state index contributed by atoms with van der Waals surface area (Å²) in [4.78, 5) is 11.6. The van der Waals surface area contributed by atoms with Crippen LogP contribution in [0.3, 0.4) is 0 Å². The minimum Gasteiger partial charge on any atom is -0.465 e. The number of hydrogen-bond acceptors (Lipinski definition) is 4. The molecule has 4 nitrogen and oxygen atoms in total. The van der Waals surface area contributed by atoms with Gasteiger partial charge in [-0.2, -0.15) is 0 Å². The topological polar surface area (TPSA) is 61.5 Å². The normalized spacial score (nSPS) is 11.8. The average Bonchev–Trinajstić information content (AvgIpc) is 2.51. The molecule has 2 N–H and O–H groups in total. The van der Waals surface area contributed by atoms with E-state index in [0.29, 0.717) is 24.5 Å². The quantitative estimate of drug-likeness (QED) is 0.833. The van der Waals surface area contributed by atoms with E-state index < -0.39 is 12.0 Å². The summed E-state index contributed by atoms with van der Waals surface area (Å²) in [5, 5.41) is 0. The molecule has 2 aromatic carbocycles. The zero-order valence-electron chi connectivity index (χ0n) is 12.3. The SMILES string of the molecule is CCOC(=O)C(N)Cc1ccccc1Oc1ccc(F)cc1. The van der Waals surface area contributed by atoms with Gasteiger partial charge < -0.3 is 15.2 Å². The summed E-state index contributed by atoms with van der Waals surface area (Å²) in [5.41, 5.74) is 6.62. The van der Waals surface area contributed by atoms with Crippen molar-refractivity contribution >= 4 is 5.97 Å². The van der Waals surface area contributed by atoms with Crippen LogP contribution in [0, 0.1) is 5.82 Å². The molecule has 2 rings (SSSR count). The molecule has 0 aliphatic heterocycles. The number of hydrogen-bond donors (Lipinski definition) is 1. The Labute approximate surface area is 128 Å². The van der Waals surface area contributed by atoms with Crippen molar-refractivity contribution < 1.29 is 18.7 Å². The van der Waals surface area contributed by atoms with Crippen molar-refractivity contribution in [1.82, 2.24) is 0 Å². The first-order valence-corrected chi connectivity index (χ1v) is 7.03. The fourth-order valence-electron chi connectivity index (χ4n) is 1.97. The van der Waals surface area contributed by atoms with Crippen molar-refractivity contribution in [3.05, 3.63) is 59.9 Å². The Morgan fingerprint density at radius 1 is 1.18 bits per heavy atom. The minimum atomic E-state index is -0.752. The van der Waals surface area contributed by atoms with Crippen LogP contribution in [0.5, 0.6) is 11.5 Å². The summed E-state index contributed by atoms with van der Waals surface area (Å²) in [5.74, 6) is 0.316. The van der Waals surface area contributed by atoms with Gasteiger partial charge in [-0.3, -0.25) is 4.79 Å². The van der Waals surface area contributed by atoms with Crippen LogP contribution in [0.4, 0.5) is 4.39 Å². The van der Waals surface area contributed by atoms with Gasteiger partial charge in [-0.1, -0.05) is 18.2 Å². The summed E-state index contributed by atoms with van der Waals surface area (Å²) in [6.07, 6.45) is 0.302. The van der Waals surface area contributed by atoms with E-state index in [9.17, 15) is 9.18 Å². The Morgan fingerprint density at radius 2 is 1.86 bits per heavy atom. The second-order valence-corrected chi connectivity index (χ2v) is 4.73. The van der Waals surface area contributed by atoms with Crippen molar-refractivity contribution in [1.29, 1.82) is 0 Å². The number of halogens is 1. The molecule has 0 spiro atoms. The maximum atomic E-state index is 12.9. The van der Waals surface area contributed by atoms with Crippen LogP contribution in [-0.4, -0.2) is 18.6 Å². The number of carbonyl (C=O) groups is 1. The maximum Gasteiger partial charge on any atom is 0.323 e. The first kappa shape index (κ1) is 16.0. The molecule has 0 saturated heterocycles. The number of carbonyl (C=O) groups excluding carboxylic acids is 1. The third-order valence-electron chi connectivity index (χ3n) is 3.04. The maximum absolute atomic E-state index is 12.9. The molecule has 0 heterocycles. The van der Waals surface area contributed by atoms with Crippen LogP contribution in [0.25, 0.3) is 0 Å². The highest BCUT2D eigenvalue weighted by molar-refractivity contribution is 5.76. The Morgan fingerprint density at radius 3 is 2.55 bits per heavy atom. The van der Waals surface area contributed by atoms with E-state index in [4.69, 9.17) is 15.2 Å². The summed E-state index contributed by atoms with van der Waals surface area (Å²) in [6.45, 7) is 2.02. The summed E-state index contributed by atoms with van der Waals surface area (Å²) < 4.78 is 23.5. The number of esters is 1. The largest absolute Gasteiger partial charge is 0.465 e. The number of ether oxygens (including phenoxy) is 2. The number of nitrogens with two attached hydrogens (primary N) is 1. The Kier molecular flexibility index (Phi) is 5.49. The van der Waals surface area contributed by atoms with Crippen LogP contribution in [-0.2, 0) is 16.0 Å². The molecule has 116 valence electrons. The van der Waals surface area contributed by atoms with Gasteiger partial charge in [0.2, 0.25) is 0 Å². The minimum absolute atomic E-state index is 0.292. The predicted octanol–water partition coefficient (Wildman–Crippen LogP) is 3.05. The molecular formula is C17H18FNO3. The van der Waals surface area contributed by atoms with E-state index in [1.807, 2.05) is 18.2 Å². The Balaban J connectivity index is 2.12. The smallest absolute Gasteiger partial charge is 0.323 e. The lowest BCUT2D eigenvalue weighted by molar-refractivity contribution is -0.144. The summed E-state index contributed by atoms with van der Waals surface area (Å²) in [7, 11) is 0. The Hall–Kier alpha value is -2.40. The van der Waals surface area contributed by atoms with Gasteiger partial charge in [0.25, 0.3) is 0 Å². The van der Waals surface area contributed by atoms with Gasteiger partial charge in [0, 0.05) is 6.42 Å². The van der Waals surface area contributed by atoms with E-state index in [1.54, 1.807) is 13.0 Å². The molecule has 22 heavy (non-hydrogen) atoms. The first-order valence-electron chi connectivity index (χ1n) is 7.03. The van der Waals surface area contributed by atoms with Gasteiger partial charge in [-0.25, -0.2) is 4.39 Å². The third kappa shape index (κ3) is 4.30. The number of benzene rings is 2. The Bertz CT molecular complexity index is 628. The predicted molar refractivity (Wildman–Crippen MR) is 81.2 cm³/mol.